The molecule has 0 saturated carbocycles. The Balaban J connectivity index is 2.02. The molecule has 1 unspecified atom stereocenters. The van der Waals surface area contributed by atoms with Gasteiger partial charge >= 0.3 is 0 Å². The molecule has 2 rings (SSSR count). The Morgan fingerprint density at radius 2 is 1.55 bits per heavy atom. The van der Waals surface area contributed by atoms with E-state index in [-0.39, 0.29) is 5.91 Å². The van der Waals surface area contributed by atoms with E-state index in [1.807, 2.05) is 30.3 Å². The molecule has 4 nitrogen and oxygen atoms in total. The van der Waals surface area contributed by atoms with E-state index in [4.69, 9.17) is 11.6 Å². The topological polar surface area (TPSA) is 53.8 Å². The first-order chi connectivity index (χ1) is 9.65. The molecule has 0 aliphatic carbocycles. The Hall–Kier alpha value is -2.20. The standard InChI is InChI=1S/C15H14ClN3O/c1-11(16)15(20)17-12-7-9-14(10-8-12)19-18-13-5-3-2-4-6-13/h2-11H,1H3,(H,17,20). The van der Waals surface area contributed by atoms with Gasteiger partial charge in [0.25, 0.3) is 0 Å². The molecule has 20 heavy (non-hydrogen) atoms. The summed E-state index contributed by atoms with van der Waals surface area (Å²) in [5.74, 6) is -0.231. The monoisotopic (exact) mass is 287 g/mol. The molecular weight excluding hydrogens is 274 g/mol. The van der Waals surface area contributed by atoms with Gasteiger partial charge in [-0.25, -0.2) is 0 Å². The van der Waals surface area contributed by atoms with Gasteiger partial charge in [0.15, 0.2) is 0 Å². The average molecular weight is 288 g/mol. The fourth-order valence-corrected chi connectivity index (χ4v) is 1.52. The minimum absolute atomic E-state index is 0.231. The first-order valence-electron chi connectivity index (χ1n) is 6.17. The predicted molar refractivity (Wildman–Crippen MR) is 81.0 cm³/mol. The fourth-order valence-electron chi connectivity index (χ4n) is 1.46. The number of halogens is 1. The highest BCUT2D eigenvalue weighted by molar-refractivity contribution is 6.32. The van der Waals surface area contributed by atoms with E-state index >= 15 is 0 Å². The van der Waals surface area contributed by atoms with Crippen molar-refractivity contribution in [1.82, 2.24) is 0 Å². The number of anilines is 1. The summed E-state index contributed by atoms with van der Waals surface area (Å²) in [5, 5.41) is 10.4. The molecule has 0 fully saturated rings. The molecule has 0 aliphatic heterocycles. The summed E-state index contributed by atoms with van der Waals surface area (Å²) in [5.41, 5.74) is 2.19. The third kappa shape index (κ3) is 4.17. The second-order valence-corrected chi connectivity index (χ2v) is 4.84. The van der Waals surface area contributed by atoms with Crippen LogP contribution < -0.4 is 5.32 Å². The number of rotatable bonds is 4. The lowest BCUT2D eigenvalue weighted by molar-refractivity contribution is -0.115. The van der Waals surface area contributed by atoms with Crippen LogP contribution >= 0.6 is 11.6 Å². The molecular formula is C15H14ClN3O. The number of hydrogen-bond acceptors (Lipinski definition) is 3. The van der Waals surface area contributed by atoms with Gasteiger partial charge < -0.3 is 5.32 Å². The first kappa shape index (κ1) is 14.2. The maximum Gasteiger partial charge on any atom is 0.242 e. The Labute approximate surface area is 122 Å². The molecule has 2 aromatic carbocycles. The molecule has 2 aromatic rings. The molecule has 102 valence electrons. The van der Waals surface area contributed by atoms with Gasteiger partial charge in [-0.05, 0) is 43.3 Å². The van der Waals surface area contributed by atoms with Crippen molar-refractivity contribution < 1.29 is 4.79 Å². The van der Waals surface area contributed by atoms with E-state index in [9.17, 15) is 4.79 Å². The largest absolute Gasteiger partial charge is 0.325 e. The summed E-state index contributed by atoms with van der Waals surface area (Å²) < 4.78 is 0. The zero-order valence-electron chi connectivity index (χ0n) is 11.0. The molecule has 1 atom stereocenters. The normalized spacial score (nSPS) is 12.3. The lowest BCUT2D eigenvalue weighted by Crippen LogP contribution is -2.20. The number of nitrogens with zero attached hydrogens (tertiary/aromatic N) is 2. The van der Waals surface area contributed by atoms with Crippen molar-refractivity contribution in [2.45, 2.75) is 12.3 Å². The summed E-state index contributed by atoms with van der Waals surface area (Å²) in [6.07, 6.45) is 0. The molecule has 0 spiro atoms. The molecule has 0 radical (unpaired) electrons. The summed E-state index contributed by atoms with van der Waals surface area (Å²) >= 11 is 5.68. The molecule has 0 saturated heterocycles. The van der Waals surface area contributed by atoms with Crippen molar-refractivity contribution in [2.75, 3.05) is 5.32 Å². The van der Waals surface area contributed by atoms with Gasteiger partial charge in [-0.15, -0.1) is 11.6 Å². The lowest BCUT2D eigenvalue weighted by Gasteiger charge is -2.06. The van der Waals surface area contributed by atoms with Crippen LogP contribution in [0, 0.1) is 0 Å². The number of benzene rings is 2. The van der Waals surface area contributed by atoms with Crippen LogP contribution in [-0.4, -0.2) is 11.3 Å². The second-order valence-electron chi connectivity index (χ2n) is 4.19. The summed E-state index contributed by atoms with van der Waals surface area (Å²) in [7, 11) is 0. The van der Waals surface area contributed by atoms with Crippen LogP contribution in [0.2, 0.25) is 0 Å². The zero-order valence-corrected chi connectivity index (χ0v) is 11.7. The van der Waals surface area contributed by atoms with E-state index in [0.29, 0.717) is 11.4 Å². The smallest absolute Gasteiger partial charge is 0.242 e. The Morgan fingerprint density at radius 1 is 1.00 bits per heavy atom. The molecule has 1 amide bonds. The van der Waals surface area contributed by atoms with Gasteiger partial charge in [-0.1, -0.05) is 18.2 Å². The van der Waals surface area contributed by atoms with E-state index in [1.165, 1.54) is 0 Å². The minimum Gasteiger partial charge on any atom is -0.325 e. The molecule has 5 heteroatoms. The number of carbonyl (C=O) groups is 1. The average Bonchev–Trinajstić information content (AvgIpc) is 2.47. The van der Waals surface area contributed by atoms with Crippen LogP contribution in [0.15, 0.2) is 64.8 Å². The highest BCUT2D eigenvalue weighted by Gasteiger charge is 2.08. The van der Waals surface area contributed by atoms with Gasteiger partial charge in [0, 0.05) is 5.69 Å². The minimum atomic E-state index is -0.563. The lowest BCUT2D eigenvalue weighted by atomic mass is 10.3. The number of nitrogens with one attached hydrogen (secondary N) is 1. The Kier molecular flexibility index (Phi) is 4.85. The van der Waals surface area contributed by atoms with Crippen LogP contribution in [0.1, 0.15) is 6.92 Å². The van der Waals surface area contributed by atoms with Gasteiger partial charge in [0.1, 0.15) is 5.38 Å². The van der Waals surface area contributed by atoms with Gasteiger partial charge in [0.05, 0.1) is 11.4 Å². The zero-order chi connectivity index (χ0) is 14.4. The van der Waals surface area contributed by atoms with Crippen LogP contribution in [0.25, 0.3) is 0 Å². The SMILES string of the molecule is CC(Cl)C(=O)Nc1ccc(N=Nc2ccccc2)cc1. The quantitative estimate of drug-likeness (QED) is 0.645. The number of azo groups is 1. The maximum atomic E-state index is 11.4. The van der Waals surface area contributed by atoms with Gasteiger partial charge in [0.2, 0.25) is 5.91 Å². The third-order valence-corrected chi connectivity index (χ3v) is 2.73. The van der Waals surface area contributed by atoms with Crippen LogP contribution in [0.3, 0.4) is 0 Å². The van der Waals surface area contributed by atoms with E-state index < -0.39 is 5.38 Å². The highest BCUT2D eigenvalue weighted by atomic mass is 35.5. The Bertz CT molecular complexity index is 594. The van der Waals surface area contributed by atoms with Crippen LogP contribution in [0.5, 0.6) is 0 Å². The predicted octanol–water partition coefficient (Wildman–Crippen LogP) is 4.67. The summed E-state index contributed by atoms with van der Waals surface area (Å²) in [6, 6.07) is 16.6. The molecule has 0 aliphatic rings. The maximum absolute atomic E-state index is 11.4. The van der Waals surface area contributed by atoms with Gasteiger partial charge in [-0.3, -0.25) is 4.79 Å². The molecule has 0 heterocycles. The van der Waals surface area contributed by atoms with Crippen LogP contribution in [0.4, 0.5) is 17.1 Å². The third-order valence-electron chi connectivity index (χ3n) is 2.53. The van der Waals surface area contributed by atoms with E-state index in [2.05, 4.69) is 15.5 Å². The molecule has 0 aromatic heterocycles. The number of carbonyl (C=O) groups excluding carboxylic acids is 1. The van der Waals surface area contributed by atoms with Crippen molar-refractivity contribution in [3.63, 3.8) is 0 Å². The highest BCUT2D eigenvalue weighted by Crippen LogP contribution is 2.20. The second kappa shape index (κ2) is 6.82. The van der Waals surface area contributed by atoms with Crippen molar-refractivity contribution in [2.24, 2.45) is 10.2 Å². The fraction of sp³-hybridized carbons (Fsp3) is 0.133. The summed E-state index contributed by atoms with van der Waals surface area (Å²) in [4.78, 5) is 11.4. The first-order valence-corrected chi connectivity index (χ1v) is 6.60. The Morgan fingerprint density at radius 3 is 2.10 bits per heavy atom. The number of hydrogen-bond donors (Lipinski definition) is 1. The van der Waals surface area contributed by atoms with Crippen molar-refractivity contribution in [3.05, 3.63) is 54.6 Å². The van der Waals surface area contributed by atoms with E-state index in [0.717, 1.165) is 5.69 Å². The van der Waals surface area contributed by atoms with Crippen molar-refractivity contribution >= 4 is 34.6 Å². The van der Waals surface area contributed by atoms with Gasteiger partial charge in [-0.2, -0.15) is 10.2 Å². The number of amides is 1. The van der Waals surface area contributed by atoms with Crippen LogP contribution in [-0.2, 0) is 4.79 Å². The summed E-state index contributed by atoms with van der Waals surface area (Å²) in [6.45, 7) is 1.62. The van der Waals surface area contributed by atoms with E-state index in [1.54, 1.807) is 31.2 Å². The molecule has 0 bridgehead atoms. The van der Waals surface area contributed by atoms with Crippen molar-refractivity contribution in [3.8, 4) is 0 Å². The van der Waals surface area contributed by atoms with Crippen molar-refractivity contribution in [1.29, 1.82) is 0 Å². The number of alkyl halides is 1. The molecule has 1 N–H and O–H groups in total.